The molecule has 0 N–H and O–H groups in total. The summed E-state index contributed by atoms with van der Waals surface area (Å²) < 4.78 is 14.5. The second-order valence-corrected chi connectivity index (χ2v) is 10.4. The van der Waals surface area contributed by atoms with E-state index in [1.54, 1.807) is 0 Å². The van der Waals surface area contributed by atoms with Gasteiger partial charge >= 0.3 is 0 Å². The van der Waals surface area contributed by atoms with Gasteiger partial charge in [0.25, 0.3) is 0 Å². The van der Waals surface area contributed by atoms with Crippen LogP contribution < -0.4 is 9.47 Å². The summed E-state index contributed by atoms with van der Waals surface area (Å²) in [5, 5.41) is 7.16. The normalized spacial score (nSPS) is 18.3. The molecule has 0 saturated carbocycles. The first kappa shape index (κ1) is 22.4. The zero-order chi connectivity index (χ0) is 23.8. The van der Waals surface area contributed by atoms with E-state index in [2.05, 4.69) is 91.5 Å². The lowest BCUT2D eigenvalue weighted by atomic mass is 9.96. The molecule has 0 unspecified atom stereocenters. The number of fused-ring (bicyclic) bond motifs is 3. The summed E-state index contributed by atoms with van der Waals surface area (Å²) in [6, 6.07) is 32.9. The number of hydrogen-bond donors (Lipinski definition) is 0. The molecule has 2 heterocycles. The molecule has 2 aliphatic heterocycles. The first-order valence-electron chi connectivity index (χ1n) is 11.5. The number of benzene rings is 4. The molecule has 0 spiro atoms. The van der Waals surface area contributed by atoms with Gasteiger partial charge in [-0.2, -0.15) is 5.10 Å². The quantitative estimate of drug-likeness (QED) is 0.236. The Hall–Kier alpha value is -3.09. The van der Waals surface area contributed by atoms with Crippen LogP contribution in [0.4, 0.5) is 0 Å². The van der Waals surface area contributed by atoms with Crippen LogP contribution in [0, 0.1) is 0 Å². The SMILES string of the molecule is Brc1cc(Br)c2c(c1)[C@@H]1CC(c3ccccc3)=NN1[C@@H](c1ccc(OCc3ccccc3)cc1)O2. The van der Waals surface area contributed by atoms with Crippen LogP contribution in [0.5, 0.6) is 11.5 Å². The minimum Gasteiger partial charge on any atom is -0.489 e. The van der Waals surface area contributed by atoms with Gasteiger partial charge in [-0.05, 0) is 63.5 Å². The fraction of sp³-hybridized carbons (Fsp3) is 0.138. The highest BCUT2D eigenvalue weighted by Gasteiger charge is 2.41. The maximum absolute atomic E-state index is 6.58. The van der Waals surface area contributed by atoms with Crippen LogP contribution in [0.25, 0.3) is 0 Å². The van der Waals surface area contributed by atoms with Crippen molar-refractivity contribution in [1.29, 1.82) is 0 Å². The molecular formula is C29H22Br2N2O2. The van der Waals surface area contributed by atoms with Crippen molar-refractivity contribution >= 4 is 37.6 Å². The third-order valence-electron chi connectivity index (χ3n) is 6.33. The predicted octanol–water partition coefficient (Wildman–Crippen LogP) is 8.03. The van der Waals surface area contributed by atoms with Crippen LogP contribution >= 0.6 is 31.9 Å². The molecule has 174 valence electrons. The molecule has 4 nitrogen and oxygen atoms in total. The van der Waals surface area contributed by atoms with E-state index in [1.807, 2.05) is 42.5 Å². The fourth-order valence-electron chi connectivity index (χ4n) is 4.61. The number of ether oxygens (including phenoxy) is 2. The Bertz CT molecular complexity index is 1380. The van der Waals surface area contributed by atoms with Crippen LogP contribution in [0.1, 0.15) is 40.9 Å². The number of nitrogens with zero attached hydrogens (tertiary/aromatic N) is 2. The molecule has 2 aliphatic rings. The molecule has 0 aromatic heterocycles. The fourth-order valence-corrected chi connectivity index (χ4v) is 5.96. The highest BCUT2D eigenvalue weighted by Crippen LogP contribution is 2.50. The molecule has 0 bridgehead atoms. The van der Waals surface area contributed by atoms with E-state index < -0.39 is 0 Å². The molecular weight excluding hydrogens is 568 g/mol. The minimum absolute atomic E-state index is 0.0850. The molecule has 0 fully saturated rings. The Kier molecular flexibility index (Phi) is 6.08. The van der Waals surface area contributed by atoms with Crippen LogP contribution in [-0.4, -0.2) is 10.7 Å². The van der Waals surface area contributed by atoms with Crippen molar-refractivity contribution in [1.82, 2.24) is 5.01 Å². The smallest absolute Gasteiger partial charge is 0.213 e. The third-order valence-corrected chi connectivity index (χ3v) is 7.38. The average molecular weight is 590 g/mol. The lowest BCUT2D eigenvalue weighted by Crippen LogP contribution is -2.33. The second-order valence-electron chi connectivity index (χ2n) is 8.63. The van der Waals surface area contributed by atoms with Gasteiger partial charge in [-0.25, -0.2) is 5.01 Å². The number of hydrazone groups is 1. The van der Waals surface area contributed by atoms with E-state index in [-0.39, 0.29) is 12.3 Å². The molecule has 2 atom stereocenters. The van der Waals surface area contributed by atoms with E-state index in [1.165, 1.54) is 0 Å². The summed E-state index contributed by atoms with van der Waals surface area (Å²) in [6.45, 7) is 0.536. The van der Waals surface area contributed by atoms with Gasteiger partial charge in [-0.1, -0.05) is 76.6 Å². The Morgan fingerprint density at radius 1 is 0.886 bits per heavy atom. The van der Waals surface area contributed by atoms with Gasteiger partial charge in [0, 0.05) is 22.0 Å². The maximum atomic E-state index is 6.58. The van der Waals surface area contributed by atoms with Crippen molar-refractivity contribution in [3.8, 4) is 11.5 Å². The Morgan fingerprint density at radius 3 is 2.34 bits per heavy atom. The first-order valence-corrected chi connectivity index (χ1v) is 13.1. The first-order chi connectivity index (χ1) is 17.2. The van der Waals surface area contributed by atoms with Crippen molar-refractivity contribution in [3.63, 3.8) is 0 Å². The van der Waals surface area contributed by atoms with Gasteiger partial charge in [-0.15, -0.1) is 0 Å². The van der Waals surface area contributed by atoms with E-state index >= 15 is 0 Å². The van der Waals surface area contributed by atoms with Gasteiger partial charge in [-0.3, -0.25) is 0 Å². The monoisotopic (exact) mass is 588 g/mol. The van der Waals surface area contributed by atoms with Crippen molar-refractivity contribution in [2.75, 3.05) is 0 Å². The molecule has 0 aliphatic carbocycles. The number of halogens is 2. The van der Waals surface area contributed by atoms with Gasteiger partial charge in [0.05, 0.1) is 16.2 Å². The topological polar surface area (TPSA) is 34.1 Å². The summed E-state index contributed by atoms with van der Waals surface area (Å²) in [5.74, 6) is 1.69. The summed E-state index contributed by atoms with van der Waals surface area (Å²) >= 11 is 7.36. The van der Waals surface area contributed by atoms with Crippen molar-refractivity contribution in [2.24, 2.45) is 5.10 Å². The zero-order valence-electron chi connectivity index (χ0n) is 18.8. The lowest BCUT2D eigenvalue weighted by Gasteiger charge is -2.38. The van der Waals surface area contributed by atoms with Crippen LogP contribution in [0.3, 0.4) is 0 Å². The lowest BCUT2D eigenvalue weighted by molar-refractivity contribution is -0.0197. The second kappa shape index (κ2) is 9.51. The maximum Gasteiger partial charge on any atom is 0.213 e. The molecule has 0 radical (unpaired) electrons. The molecule has 0 saturated heterocycles. The van der Waals surface area contributed by atoms with Crippen LogP contribution in [0.2, 0.25) is 0 Å². The highest BCUT2D eigenvalue weighted by atomic mass is 79.9. The Morgan fingerprint density at radius 2 is 1.60 bits per heavy atom. The van der Waals surface area contributed by atoms with Crippen LogP contribution in [0.15, 0.2) is 111 Å². The van der Waals surface area contributed by atoms with Crippen molar-refractivity contribution in [3.05, 3.63) is 128 Å². The number of hydrogen-bond acceptors (Lipinski definition) is 4. The summed E-state index contributed by atoms with van der Waals surface area (Å²) in [5.41, 5.74) is 5.50. The Labute approximate surface area is 221 Å². The van der Waals surface area contributed by atoms with E-state index in [9.17, 15) is 0 Å². The summed E-state index contributed by atoms with van der Waals surface area (Å²) in [4.78, 5) is 0. The van der Waals surface area contributed by atoms with Gasteiger partial charge in [0.15, 0.2) is 0 Å². The average Bonchev–Trinajstić information content (AvgIpc) is 3.35. The third kappa shape index (κ3) is 4.48. The summed E-state index contributed by atoms with van der Waals surface area (Å²) in [7, 11) is 0. The highest BCUT2D eigenvalue weighted by molar-refractivity contribution is 9.11. The van der Waals surface area contributed by atoms with E-state index in [0.29, 0.717) is 6.61 Å². The number of rotatable bonds is 5. The molecule has 4 aromatic carbocycles. The van der Waals surface area contributed by atoms with Gasteiger partial charge < -0.3 is 9.47 Å². The predicted molar refractivity (Wildman–Crippen MR) is 145 cm³/mol. The van der Waals surface area contributed by atoms with Gasteiger partial charge in [0.2, 0.25) is 6.23 Å². The molecule has 0 amide bonds. The zero-order valence-corrected chi connectivity index (χ0v) is 21.9. The largest absolute Gasteiger partial charge is 0.489 e. The standard InChI is InChI=1S/C29H22Br2N2O2/c30-22-15-24-27-17-26(20-9-5-2-6-10-20)32-33(27)29(35-28(24)25(31)16-22)21-11-13-23(14-12-21)34-18-19-7-3-1-4-8-19/h1-16,27,29H,17-18H2/t27-,29+/m0/s1. The van der Waals surface area contributed by atoms with E-state index in [4.69, 9.17) is 14.6 Å². The minimum atomic E-state index is -0.339. The molecule has 6 rings (SSSR count). The van der Waals surface area contributed by atoms with Crippen molar-refractivity contribution in [2.45, 2.75) is 25.3 Å². The Balaban J connectivity index is 1.32. The molecule has 6 heteroatoms. The van der Waals surface area contributed by atoms with E-state index in [0.717, 1.165) is 54.8 Å². The van der Waals surface area contributed by atoms with Crippen LogP contribution in [-0.2, 0) is 6.61 Å². The molecule has 35 heavy (non-hydrogen) atoms. The summed E-state index contributed by atoms with van der Waals surface area (Å²) in [6.07, 6.45) is 0.479. The van der Waals surface area contributed by atoms with Gasteiger partial charge in [0.1, 0.15) is 18.1 Å². The van der Waals surface area contributed by atoms with Crippen molar-refractivity contribution < 1.29 is 9.47 Å². The molecule has 4 aromatic rings.